The Labute approximate surface area is 161 Å². The molecular weight excluding hydrogens is 374 g/mol. The first-order valence-corrected chi connectivity index (χ1v) is 9.53. The molecule has 2 aromatic carbocycles. The Morgan fingerprint density at radius 3 is 1.56 bits per heavy atom. The SMILES string of the molecule is Cc1cc(C)c(NCCN(Br)CNc2c(C)cc(C)cc2C)c(C)c1. The molecule has 25 heavy (non-hydrogen) atoms. The third-order valence-corrected chi connectivity index (χ3v) is 5.04. The number of rotatable bonds is 7. The summed E-state index contributed by atoms with van der Waals surface area (Å²) >= 11 is 3.65. The van der Waals surface area contributed by atoms with E-state index in [1.165, 1.54) is 44.8 Å². The van der Waals surface area contributed by atoms with Crippen LogP contribution in [0.1, 0.15) is 33.4 Å². The number of hydrogen-bond donors (Lipinski definition) is 2. The van der Waals surface area contributed by atoms with Gasteiger partial charge in [-0.05, 0) is 63.8 Å². The number of hydrogen-bond acceptors (Lipinski definition) is 3. The van der Waals surface area contributed by atoms with Crippen molar-refractivity contribution < 1.29 is 0 Å². The fourth-order valence-corrected chi connectivity index (χ4v) is 3.77. The Hall–Kier alpha value is -1.52. The van der Waals surface area contributed by atoms with Crippen molar-refractivity contribution >= 4 is 27.5 Å². The maximum Gasteiger partial charge on any atom is 0.0779 e. The second-order valence-corrected chi connectivity index (χ2v) is 8.00. The summed E-state index contributed by atoms with van der Waals surface area (Å²) in [6.07, 6.45) is 0. The topological polar surface area (TPSA) is 27.3 Å². The standard InChI is InChI=1S/C21H30BrN3/c1-14-9-16(3)20(17(4)10-14)23-7-8-25(22)13-24-21-18(5)11-15(2)12-19(21)6/h9-12,23-24H,7-8,13H2,1-6H3. The van der Waals surface area contributed by atoms with Gasteiger partial charge in [-0.2, -0.15) is 0 Å². The fraction of sp³-hybridized carbons (Fsp3) is 0.429. The minimum atomic E-state index is 0.762. The Morgan fingerprint density at radius 2 is 1.12 bits per heavy atom. The van der Waals surface area contributed by atoms with Crippen molar-refractivity contribution in [3.05, 3.63) is 57.6 Å². The number of nitrogens with one attached hydrogen (secondary N) is 2. The van der Waals surface area contributed by atoms with Crippen molar-refractivity contribution in [3.63, 3.8) is 0 Å². The van der Waals surface area contributed by atoms with Gasteiger partial charge < -0.3 is 10.6 Å². The van der Waals surface area contributed by atoms with E-state index in [9.17, 15) is 0 Å². The predicted molar refractivity (Wildman–Crippen MR) is 114 cm³/mol. The Bertz CT molecular complexity index is 694. The van der Waals surface area contributed by atoms with Crippen LogP contribution in [0.4, 0.5) is 11.4 Å². The van der Waals surface area contributed by atoms with E-state index in [0.29, 0.717) is 0 Å². The molecule has 0 aliphatic carbocycles. The molecule has 0 radical (unpaired) electrons. The van der Waals surface area contributed by atoms with Crippen molar-refractivity contribution in [1.29, 1.82) is 0 Å². The monoisotopic (exact) mass is 403 g/mol. The molecule has 0 atom stereocenters. The predicted octanol–water partition coefficient (Wildman–Crippen LogP) is 5.63. The summed E-state index contributed by atoms with van der Waals surface area (Å²) in [6, 6.07) is 8.90. The van der Waals surface area contributed by atoms with Crippen LogP contribution < -0.4 is 10.6 Å². The van der Waals surface area contributed by atoms with Gasteiger partial charge in [-0.1, -0.05) is 35.4 Å². The van der Waals surface area contributed by atoms with Crippen molar-refractivity contribution in [2.75, 3.05) is 30.4 Å². The molecule has 2 N–H and O–H groups in total. The molecule has 136 valence electrons. The second-order valence-electron chi connectivity index (χ2n) is 7.00. The highest BCUT2D eigenvalue weighted by molar-refractivity contribution is 9.07. The molecule has 2 rings (SSSR count). The highest BCUT2D eigenvalue weighted by atomic mass is 79.9. The van der Waals surface area contributed by atoms with Crippen LogP contribution in [0.3, 0.4) is 0 Å². The zero-order valence-electron chi connectivity index (χ0n) is 16.3. The molecule has 2 aromatic rings. The molecule has 0 saturated heterocycles. The maximum atomic E-state index is 3.65. The average Bonchev–Trinajstić information content (AvgIpc) is 2.48. The molecule has 0 aliphatic heterocycles. The number of nitrogens with zero attached hydrogens (tertiary/aromatic N) is 1. The number of anilines is 2. The van der Waals surface area contributed by atoms with Crippen LogP contribution in [0, 0.1) is 41.5 Å². The second kappa shape index (κ2) is 8.72. The van der Waals surface area contributed by atoms with E-state index in [2.05, 4.69) is 96.5 Å². The van der Waals surface area contributed by atoms with Crippen LogP contribution in [0.25, 0.3) is 0 Å². The summed E-state index contributed by atoms with van der Waals surface area (Å²) in [4.78, 5) is 0. The number of benzene rings is 2. The molecule has 0 spiro atoms. The fourth-order valence-electron chi connectivity index (χ4n) is 3.46. The zero-order valence-corrected chi connectivity index (χ0v) is 17.8. The van der Waals surface area contributed by atoms with E-state index in [-0.39, 0.29) is 0 Å². The van der Waals surface area contributed by atoms with E-state index in [1.54, 1.807) is 0 Å². The van der Waals surface area contributed by atoms with Crippen molar-refractivity contribution in [2.24, 2.45) is 0 Å². The minimum Gasteiger partial charge on any atom is -0.383 e. The summed E-state index contributed by atoms with van der Waals surface area (Å²) < 4.78 is 2.12. The van der Waals surface area contributed by atoms with Crippen molar-refractivity contribution in [2.45, 2.75) is 41.5 Å². The van der Waals surface area contributed by atoms with Crippen LogP contribution in [0.2, 0.25) is 0 Å². The quantitative estimate of drug-likeness (QED) is 0.463. The van der Waals surface area contributed by atoms with E-state index in [4.69, 9.17) is 0 Å². The Kier molecular flexibility index (Phi) is 6.91. The van der Waals surface area contributed by atoms with E-state index >= 15 is 0 Å². The molecule has 0 heterocycles. The van der Waals surface area contributed by atoms with Crippen LogP contribution in [0.15, 0.2) is 24.3 Å². The molecule has 0 unspecified atom stereocenters. The summed E-state index contributed by atoms with van der Waals surface area (Å²) in [5.74, 6) is 0. The molecule has 4 heteroatoms. The third-order valence-electron chi connectivity index (χ3n) is 4.44. The molecule has 3 nitrogen and oxygen atoms in total. The van der Waals surface area contributed by atoms with Gasteiger partial charge in [0.25, 0.3) is 0 Å². The maximum absolute atomic E-state index is 3.65. The molecule has 0 bridgehead atoms. The van der Waals surface area contributed by atoms with E-state index < -0.39 is 0 Å². The smallest absolute Gasteiger partial charge is 0.0779 e. The van der Waals surface area contributed by atoms with Crippen molar-refractivity contribution in [1.82, 2.24) is 3.93 Å². The van der Waals surface area contributed by atoms with Gasteiger partial charge in [-0.25, -0.2) is 3.93 Å². The van der Waals surface area contributed by atoms with Crippen molar-refractivity contribution in [3.8, 4) is 0 Å². The average molecular weight is 404 g/mol. The first kappa shape index (κ1) is 19.8. The summed E-state index contributed by atoms with van der Waals surface area (Å²) in [7, 11) is 0. The summed E-state index contributed by atoms with van der Waals surface area (Å²) in [6.45, 7) is 15.5. The van der Waals surface area contributed by atoms with Gasteiger partial charge in [0.1, 0.15) is 0 Å². The first-order valence-electron chi connectivity index (χ1n) is 8.82. The largest absolute Gasteiger partial charge is 0.383 e. The molecule has 0 aromatic heterocycles. The van der Waals surface area contributed by atoms with Crippen LogP contribution in [-0.4, -0.2) is 23.7 Å². The van der Waals surface area contributed by atoms with Gasteiger partial charge in [-0.3, -0.25) is 0 Å². The first-order chi connectivity index (χ1) is 11.8. The molecular formula is C21H30BrN3. The summed E-state index contributed by atoms with van der Waals surface area (Å²) in [5, 5.41) is 7.11. The molecule has 0 aliphatic rings. The third kappa shape index (κ3) is 5.48. The molecule has 0 fully saturated rings. The Morgan fingerprint density at radius 1 is 0.720 bits per heavy atom. The number of halogens is 1. The van der Waals surface area contributed by atoms with Crippen LogP contribution in [-0.2, 0) is 0 Å². The van der Waals surface area contributed by atoms with Gasteiger partial charge >= 0.3 is 0 Å². The normalized spacial score (nSPS) is 11.0. The highest BCUT2D eigenvalue weighted by Gasteiger charge is 2.07. The lowest BCUT2D eigenvalue weighted by molar-refractivity contribution is 0.538. The zero-order chi connectivity index (χ0) is 18.6. The lowest BCUT2D eigenvalue weighted by Crippen LogP contribution is -2.26. The molecule has 0 amide bonds. The van der Waals surface area contributed by atoms with Gasteiger partial charge in [0.15, 0.2) is 0 Å². The number of aryl methyl sites for hydroxylation is 6. The minimum absolute atomic E-state index is 0.762. The van der Waals surface area contributed by atoms with Crippen LogP contribution in [0.5, 0.6) is 0 Å². The van der Waals surface area contributed by atoms with Gasteiger partial charge in [0.2, 0.25) is 0 Å². The summed E-state index contributed by atoms with van der Waals surface area (Å²) in [5.41, 5.74) is 10.3. The molecule has 0 saturated carbocycles. The lowest BCUT2D eigenvalue weighted by Gasteiger charge is -2.20. The van der Waals surface area contributed by atoms with Gasteiger partial charge in [0.05, 0.1) is 6.67 Å². The lowest BCUT2D eigenvalue weighted by atomic mass is 10.1. The van der Waals surface area contributed by atoms with Gasteiger partial charge in [-0.15, -0.1) is 0 Å². The van der Waals surface area contributed by atoms with E-state index in [1.807, 2.05) is 0 Å². The van der Waals surface area contributed by atoms with E-state index in [0.717, 1.165) is 19.8 Å². The van der Waals surface area contributed by atoms with Crippen LogP contribution >= 0.6 is 16.1 Å². The van der Waals surface area contributed by atoms with Gasteiger partial charge in [0, 0.05) is 40.6 Å². The highest BCUT2D eigenvalue weighted by Crippen LogP contribution is 2.23. The Balaban J connectivity index is 1.85.